The molecule has 4 rings (SSSR count). The zero-order valence-electron chi connectivity index (χ0n) is 20.2. The molecule has 5 heteroatoms. The van der Waals surface area contributed by atoms with Crippen molar-refractivity contribution in [3.05, 3.63) is 105 Å². The summed E-state index contributed by atoms with van der Waals surface area (Å²) in [6.07, 6.45) is 0.763. The predicted octanol–water partition coefficient (Wildman–Crippen LogP) is 6.54. The van der Waals surface area contributed by atoms with Gasteiger partial charge in [-0.2, -0.15) is 0 Å². The third-order valence-electron chi connectivity index (χ3n) is 6.99. The number of ether oxygens (including phenoxy) is 1. The van der Waals surface area contributed by atoms with Gasteiger partial charge in [-0.05, 0) is 52.6 Å². The van der Waals surface area contributed by atoms with E-state index in [-0.39, 0.29) is 17.8 Å². The monoisotopic (exact) mass is 533 g/mol. The van der Waals surface area contributed by atoms with Gasteiger partial charge < -0.3 is 9.16 Å². The lowest BCUT2D eigenvalue weighted by molar-refractivity contribution is -0.150. The number of carbonyl (C=O) groups is 1. The lowest BCUT2D eigenvalue weighted by Gasteiger charge is -2.46. The van der Waals surface area contributed by atoms with Crippen LogP contribution in [0.15, 0.2) is 77.3 Å². The van der Waals surface area contributed by atoms with Crippen molar-refractivity contribution in [2.75, 3.05) is 6.61 Å². The van der Waals surface area contributed by atoms with Crippen LogP contribution in [0.4, 0.5) is 0 Å². The van der Waals surface area contributed by atoms with Crippen LogP contribution in [0.1, 0.15) is 61.9 Å². The maximum atomic E-state index is 13.1. The van der Waals surface area contributed by atoms with Gasteiger partial charge in [0.25, 0.3) is 0 Å². The number of carbonyl (C=O) groups excluding carboxylic acids is 1. The van der Waals surface area contributed by atoms with Crippen LogP contribution in [0.5, 0.6) is 0 Å². The molecule has 0 bridgehead atoms. The zero-order valence-corrected chi connectivity index (χ0v) is 22.7. The molecule has 0 aromatic heterocycles. The van der Waals surface area contributed by atoms with Crippen LogP contribution in [0.25, 0.3) is 0 Å². The standard InChI is InChI=1S/C29H30BrO3Si/c1-5-32-26(31)19-29(33-34)23-17-25(30)24(27(2,3)4)16-20(23)18-28(29,21-12-8-6-9-13-21)22-14-10-7-11-15-22/h6-17H,5,18-19H2,1-4H3. The van der Waals surface area contributed by atoms with Crippen LogP contribution in [0.2, 0.25) is 0 Å². The van der Waals surface area contributed by atoms with Crippen molar-refractivity contribution >= 4 is 32.4 Å². The van der Waals surface area contributed by atoms with Crippen molar-refractivity contribution in [1.29, 1.82) is 0 Å². The van der Waals surface area contributed by atoms with Crippen molar-refractivity contribution in [1.82, 2.24) is 0 Å². The van der Waals surface area contributed by atoms with Crippen molar-refractivity contribution in [2.45, 2.75) is 57.0 Å². The SMILES string of the molecule is CCOC(=O)CC1(O[Si])c2cc(Br)c(C(C)(C)C)cc2CC1(c1ccccc1)c1ccccc1. The molecule has 0 amide bonds. The summed E-state index contributed by atoms with van der Waals surface area (Å²) in [6, 6.07) is 25.1. The Hall–Kier alpha value is -2.21. The van der Waals surface area contributed by atoms with E-state index in [4.69, 9.17) is 9.16 Å². The van der Waals surface area contributed by atoms with E-state index >= 15 is 0 Å². The first-order valence-corrected chi connectivity index (χ1v) is 12.8. The highest BCUT2D eigenvalue weighted by Crippen LogP contribution is 2.60. The number of hydrogen-bond donors (Lipinski definition) is 0. The summed E-state index contributed by atoms with van der Waals surface area (Å²) in [4.78, 5) is 13.1. The van der Waals surface area contributed by atoms with Gasteiger partial charge in [0.1, 0.15) is 5.60 Å². The molecule has 1 aliphatic rings. The molecule has 1 unspecified atom stereocenters. The van der Waals surface area contributed by atoms with Gasteiger partial charge in [0.05, 0.1) is 18.4 Å². The lowest BCUT2D eigenvalue weighted by Crippen LogP contribution is -2.50. The summed E-state index contributed by atoms with van der Waals surface area (Å²) in [5.41, 5.74) is 3.85. The van der Waals surface area contributed by atoms with Crippen LogP contribution >= 0.6 is 15.9 Å². The molecule has 1 atom stereocenters. The first kappa shape index (κ1) is 24.9. The van der Waals surface area contributed by atoms with Crippen LogP contribution in [-0.4, -0.2) is 23.1 Å². The van der Waals surface area contributed by atoms with Gasteiger partial charge >= 0.3 is 5.97 Å². The number of esters is 1. The van der Waals surface area contributed by atoms with Crippen LogP contribution in [0.3, 0.4) is 0 Å². The molecular weight excluding hydrogens is 504 g/mol. The second-order valence-corrected chi connectivity index (χ2v) is 11.0. The molecule has 0 aliphatic heterocycles. The first-order valence-electron chi connectivity index (χ1n) is 11.6. The van der Waals surface area contributed by atoms with Crippen LogP contribution in [-0.2, 0) is 36.8 Å². The highest BCUT2D eigenvalue weighted by molar-refractivity contribution is 9.10. The third kappa shape index (κ3) is 3.98. The fraction of sp³-hybridized carbons (Fsp3) is 0.345. The minimum atomic E-state index is -1.02. The quantitative estimate of drug-likeness (QED) is 0.266. The van der Waals surface area contributed by atoms with Gasteiger partial charge in [0.15, 0.2) is 0 Å². The Bertz CT molecular complexity index is 1130. The molecule has 3 aromatic rings. The van der Waals surface area contributed by atoms with Gasteiger partial charge in [-0.25, -0.2) is 0 Å². The summed E-state index contributed by atoms with van der Waals surface area (Å²) >= 11 is 3.83. The number of benzene rings is 3. The minimum Gasteiger partial charge on any atom is -0.466 e. The molecule has 0 saturated heterocycles. The molecule has 3 aromatic carbocycles. The summed E-state index contributed by atoms with van der Waals surface area (Å²) in [5.74, 6) is -0.291. The average molecular weight is 535 g/mol. The van der Waals surface area contributed by atoms with Gasteiger partial charge in [-0.3, -0.25) is 4.79 Å². The van der Waals surface area contributed by atoms with Crippen molar-refractivity contribution in [3.8, 4) is 0 Å². The summed E-state index contributed by atoms with van der Waals surface area (Å²) < 4.78 is 12.8. The topological polar surface area (TPSA) is 35.5 Å². The Balaban J connectivity index is 2.09. The normalized spacial score (nSPS) is 19.0. The zero-order chi connectivity index (χ0) is 24.6. The van der Waals surface area contributed by atoms with E-state index in [1.807, 2.05) is 43.3 Å². The maximum absolute atomic E-state index is 13.1. The van der Waals surface area contributed by atoms with E-state index in [2.05, 4.69) is 83.6 Å². The Morgan fingerprint density at radius 3 is 2.03 bits per heavy atom. The Morgan fingerprint density at radius 2 is 1.56 bits per heavy atom. The molecule has 0 heterocycles. The second kappa shape index (κ2) is 9.44. The number of halogens is 1. The van der Waals surface area contributed by atoms with E-state index in [1.54, 1.807) is 0 Å². The lowest BCUT2D eigenvalue weighted by atomic mass is 9.62. The van der Waals surface area contributed by atoms with Gasteiger partial charge in [-0.15, -0.1) is 0 Å². The van der Waals surface area contributed by atoms with Gasteiger partial charge in [-0.1, -0.05) is 103 Å². The van der Waals surface area contributed by atoms with Crippen LogP contribution in [0, 0.1) is 0 Å². The third-order valence-corrected chi connectivity index (χ3v) is 7.99. The highest BCUT2D eigenvalue weighted by Gasteiger charge is 2.61. The molecule has 1 aliphatic carbocycles. The van der Waals surface area contributed by atoms with Crippen molar-refractivity contribution < 1.29 is 14.0 Å². The molecule has 175 valence electrons. The van der Waals surface area contributed by atoms with Gasteiger partial charge in [0.2, 0.25) is 10.5 Å². The predicted molar refractivity (Wildman–Crippen MR) is 140 cm³/mol. The molecule has 0 fully saturated rings. The average Bonchev–Trinajstić information content (AvgIpc) is 3.09. The molecule has 3 radical (unpaired) electrons. The molecule has 0 spiro atoms. The first-order chi connectivity index (χ1) is 16.2. The fourth-order valence-corrected chi connectivity index (χ4v) is 6.79. The van der Waals surface area contributed by atoms with E-state index in [9.17, 15) is 4.79 Å². The Kier molecular flexibility index (Phi) is 6.91. The highest BCUT2D eigenvalue weighted by atomic mass is 79.9. The maximum Gasteiger partial charge on any atom is 0.309 e. The number of rotatable bonds is 6. The summed E-state index contributed by atoms with van der Waals surface area (Å²) in [7, 11) is 3.48. The Labute approximate surface area is 214 Å². The molecule has 34 heavy (non-hydrogen) atoms. The molecule has 3 nitrogen and oxygen atoms in total. The van der Waals surface area contributed by atoms with Crippen molar-refractivity contribution in [3.63, 3.8) is 0 Å². The van der Waals surface area contributed by atoms with E-state index in [1.165, 1.54) is 11.1 Å². The fourth-order valence-electron chi connectivity index (χ4n) is 5.50. The minimum absolute atomic E-state index is 0.0444. The summed E-state index contributed by atoms with van der Waals surface area (Å²) in [5, 5.41) is 0. The molecule has 0 saturated carbocycles. The summed E-state index contributed by atoms with van der Waals surface area (Å²) in [6.45, 7) is 8.78. The van der Waals surface area contributed by atoms with E-state index < -0.39 is 11.0 Å². The Morgan fingerprint density at radius 1 is 1.00 bits per heavy atom. The second-order valence-electron chi connectivity index (χ2n) is 9.96. The van der Waals surface area contributed by atoms with Crippen molar-refractivity contribution in [2.24, 2.45) is 0 Å². The number of hydrogen-bond acceptors (Lipinski definition) is 3. The molecular formula is C29H30BrO3Si. The smallest absolute Gasteiger partial charge is 0.309 e. The largest absolute Gasteiger partial charge is 0.466 e. The van der Waals surface area contributed by atoms with E-state index in [0.717, 1.165) is 21.2 Å². The van der Waals surface area contributed by atoms with E-state index in [0.29, 0.717) is 13.0 Å². The van der Waals surface area contributed by atoms with Gasteiger partial charge in [0, 0.05) is 4.47 Å². The number of fused-ring (bicyclic) bond motifs is 1. The molecule has 0 N–H and O–H groups in total. The van der Waals surface area contributed by atoms with Crippen LogP contribution < -0.4 is 0 Å².